The molecule has 1 aromatic heterocycles. The molecule has 3 aromatic rings. The summed E-state index contributed by atoms with van der Waals surface area (Å²) < 4.78 is 23.2. The number of hydrogen-bond acceptors (Lipinski definition) is 6. The van der Waals surface area contributed by atoms with Gasteiger partial charge in [-0.1, -0.05) is 36.4 Å². The lowest BCUT2D eigenvalue weighted by Crippen LogP contribution is -2.41. The van der Waals surface area contributed by atoms with Crippen molar-refractivity contribution < 1.29 is 18.3 Å². The average Bonchev–Trinajstić information content (AvgIpc) is 3.43. The fourth-order valence-electron chi connectivity index (χ4n) is 4.58. The van der Waals surface area contributed by atoms with Crippen LogP contribution in [0.3, 0.4) is 0 Å². The van der Waals surface area contributed by atoms with Crippen LogP contribution in [0.15, 0.2) is 71.8 Å². The van der Waals surface area contributed by atoms with E-state index in [1.54, 1.807) is 24.4 Å². The van der Waals surface area contributed by atoms with Crippen LogP contribution in [0.1, 0.15) is 29.5 Å². The summed E-state index contributed by atoms with van der Waals surface area (Å²) in [4.78, 5) is 21.8. The van der Waals surface area contributed by atoms with E-state index in [0.717, 1.165) is 24.5 Å². The molecule has 0 spiro atoms. The third-order valence-corrected chi connectivity index (χ3v) is 7.25. The maximum Gasteiger partial charge on any atom is 0.268 e. The van der Waals surface area contributed by atoms with Crippen molar-refractivity contribution in [2.24, 2.45) is 5.14 Å². The molecular weight excluding hydrogens is 440 g/mol. The number of carbonyl (C=O) groups is 1. The van der Waals surface area contributed by atoms with Gasteiger partial charge in [0.05, 0.1) is 17.1 Å². The number of hydrogen-bond donors (Lipinski definition) is 2. The summed E-state index contributed by atoms with van der Waals surface area (Å²) in [6.07, 6.45) is 4.10. The fraction of sp³-hybridized carbons (Fsp3) is 0.250. The van der Waals surface area contributed by atoms with E-state index in [2.05, 4.69) is 9.88 Å². The zero-order valence-corrected chi connectivity index (χ0v) is 18.7. The molecule has 3 N–H and O–H groups in total. The Bertz CT molecular complexity index is 1300. The molecule has 0 bridgehead atoms. The first kappa shape index (κ1) is 21.6. The number of para-hydroxylation sites is 1. The quantitative estimate of drug-likeness (QED) is 0.597. The lowest BCUT2D eigenvalue weighted by molar-refractivity contribution is -0.132. The Balaban J connectivity index is 1.47. The molecule has 9 heteroatoms. The van der Waals surface area contributed by atoms with Crippen LogP contribution in [0.5, 0.6) is 0 Å². The Labute approximate surface area is 192 Å². The molecule has 1 fully saturated rings. The third-order valence-electron chi connectivity index (χ3n) is 6.32. The van der Waals surface area contributed by atoms with Gasteiger partial charge >= 0.3 is 0 Å². The number of amides is 1. The minimum atomic E-state index is -3.89. The van der Waals surface area contributed by atoms with Crippen LogP contribution in [0.2, 0.25) is 0 Å². The molecule has 170 valence electrons. The van der Waals surface area contributed by atoms with Crippen molar-refractivity contribution in [1.82, 2.24) is 4.98 Å². The van der Waals surface area contributed by atoms with Crippen LogP contribution < -0.4 is 14.9 Å². The predicted octanol–water partition coefficient (Wildman–Crippen LogP) is 2.11. The van der Waals surface area contributed by atoms with E-state index in [1.165, 1.54) is 42.0 Å². The highest BCUT2D eigenvalue weighted by Gasteiger charge is 2.50. The number of aromatic nitrogens is 1. The molecule has 2 aliphatic heterocycles. The van der Waals surface area contributed by atoms with E-state index in [4.69, 9.17) is 5.14 Å². The Kier molecular flexibility index (Phi) is 5.19. The summed E-state index contributed by atoms with van der Waals surface area (Å²) in [7, 11) is -3.89. The Morgan fingerprint density at radius 1 is 1.00 bits per heavy atom. The first-order valence-electron chi connectivity index (χ1n) is 10.8. The van der Waals surface area contributed by atoms with Gasteiger partial charge in [-0.25, -0.2) is 18.5 Å². The van der Waals surface area contributed by atoms with E-state index < -0.39 is 21.5 Å². The van der Waals surface area contributed by atoms with Gasteiger partial charge in [0.1, 0.15) is 5.82 Å². The van der Waals surface area contributed by atoms with Crippen molar-refractivity contribution in [3.05, 3.63) is 83.6 Å². The highest BCUT2D eigenvalue weighted by Crippen LogP contribution is 2.45. The van der Waals surface area contributed by atoms with Gasteiger partial charge in [-0.05, 0) is 48.2 Å². The van der Waals surface area contributed by atoms with Crippen LogP contribution in [-0.2, 0) is 27.0 Å². The molecule has 8 nitrogen and oxygen atoms in total. The van der Waals surface area contributed by atoms with Crippen molar-refractivity contribution >= 4 is 27.4 Å². The number of anilines is 2. The number of rotatable bonds is 5. The summed E-state index contributed by atoms with van der Waals surface area (Å²) in [6, 6.07) is 16.4. The maximum atomic E-state index is 13.6. The van der Waals surface area contributed by atoms with Crippen LogP contribution in [0, 0.1) is 0 Å². The molecule has 33 heavy (non-hydrogen) atoms. The second-order valence-corrected chi connectivity index (χ2v) is 9.97. The van der Waals surface area contributed by atoms with Crippen LogP contribution in [-0.4, -0.2) is 37.5 Å². The standard InChI is InChI=1S/C24H24N4O4S/c25-33(31,32)19-10-8-18(9-11-19)24(30)20-5-1-2-6-21(20)28(23(24)29)16-17-7-12-22(26-15-17)27-13-3-4-14-27/h1-2,5-12,15,30H,3-4,13-14,16H2,(H2,25,31,32). The lowest BCUT2D eigenvalue weighted by atomic mass is 9.87. The van der Waals surface area contributed by atoms with Crippen LogP contribution in [0.4, 0.5) is 11.5 Å². The highest BCUT2D eigenvalue weighted by molar-refractivity contribution is 7.89. The predicted molar refractivity (Wildman–Crippen MR) is 124 cm³/mol. The minimum absolute atomic E-state index is 0.0883. The molecular formula is C24H24N4O4S. The first-order chi connectivity index (χ1) is 15.8. The monoisotopic (exact) mass is 464 g/mol. The minimum Gasteiger partial charge on any atom is -0.372 e. The molecule has 1 amide bonds. The van der Waals surface area contributed by atoms with E-state index in [-0.39, 0.29) is 17.0 Å². The number of nitrogens with zero attached hydrogens (tertiary/aromatic N) is 3. The largest absolute Gasteiger partial charge is 0.372 e. The molecule has 1 atom stereocenters. The molecule has 1 saturated heterocycles. The van der Waals surface area contributed by atoms with Gasteiger partial charge in [0.2, 0.25) is 10.0 Å². The van der Waals surface area contributed by atoms with Gasteiger partial charge in [-0.15, -0.1) is 0 Å². The molecule has 0 radical (unpaired) electrons. The second kappa shape index (κ2) is 7.95. The Hall–Kier alpha value is -3.27. The number of primary sulfonamides is 1. The van der Waals surface area contributed by atoms with Crippen molar-refractivity contribution in [3.63, 3.8) is 0 Å². The zero-order chi connectivity index (χ0) is 23.2. The van der Waals surface area contributed by atoms with Crippen molar-refractivity contribution in [1.29, 1.82) is 0 Å². The van der Waals surface area contributed by atoms with E-state index in [1.807, 2.05) is 18.2 Å². The molecule has 5 rings (SSSR count). The van der Waals surface area contributed by atoms with Gasteiger partial charge in [0.25, 0.3) is 5.91 Å². The Morgan fingerprint density at radius 2 is 1.70 bits per heavy atom. The van der Waals surface area contributed by atoms with E-state index >= 15 is 0 Å². The lowest BCUT2D eigenvalue weighted by Gasteiger charge is -2.24. The molecule has 1 unspecified atom stereocenters. The second-order valence-electron chi connectivity index (χ2n) is 8.41. The van der Waals surface area contributed by atoms with E-state index in [0.29, 0.717) is 11.3 Å². The van der Waals surface area contributed by atoms with Crippen molar-refractivity contribution in [3.8, 4) is 0 Å². The summed E-state index contributed by atoms with van der Waals surface area (Å²) >= 11 is 0. The molecule has 2 aliphatic rings. The number of benzene rings is 2. The number of sulfonamides is 1. The summed E-state index contributed by atoms with van der Waals surface area (Å²) in [5, 5.41) is 16.8. The van der Waals surface area contributed by atoms with Gasteiger partial charge in [-0.2, -0.15) is 0 Å². The molecule has 0 aliphatic carbocycles. The Morgan fingerprint density at radius 3 is 2.33 bits per heavy atom. The average molecular weight is 465 g/mol. The number of pyridine rings is 1. The topological polar surface area (TPSA) is 117 Å². The fourth-order valence-corrected chi connectivity index (χ4v) is 5.10. The number of fused-ring (bicyclic) bond motifs is 1. The van der Waals surface area contributed by atoms with E-state index in [9.17, 15) is 18.3 Å². The summed E-state index contributed by atoms with van der Waals surface area (Å²) in [5.41, 5.74) is 0.229. The van der Waals surface area contributed by atoms with Crippen LogP contribution >= 0.6 is 0 Å². The summed E-state index contributed by atoms with van der Waals surface area (Å²) in [5.74, 6) is 0.423. The SMILES string of the molecule is NS(=O)(=O)c1ccc(C2(O)C(=O)N(Cc3ccc(N4CCCC4)nc3)c3ccccc32)cc1. The molecule has 0 saturated carbocycles. The summed E-state index contributed by atoms with van der Waals surface area (Å²) in [6.45, 7) is 2.25. The van der Waals surface area contributed by atoms with Gasteiger partial charge in [0.15, 0.2) is 5.60 Å². The first-order valence-corrected chi connectivity index (χ1v) is 12.3. The number of carbonyl (C=O) groups excluding carboxylic acids is 1. The number of aliphatic hydroxyl groups is 1. The van der Waals surface area contributed by atoms with Crippen molar-refractivity contribution in [2.75, 3.05) is 22.9 Å². The zero-order valence-electron chi connectivity index (χ0n) is 17.9. The molecule has 2 aromatic carbocycles. The molecule has 3 heterocycles. The maximum absolute atomic E-state index is 13.6. The highest BCUT2D eigenvalue weighted by atomic mass is 32.2. The van der Waals surface area contributed by atoms with Crippen LogP contribution in [0.25, 0.3) is 0 Å². The van der Waals surface area contributed by atoms with Gasteiger partial charge in [-0.3, -0.25) is 4.79 Å². The normalized spacial score (nSPS) is 20.4. The van der Waals surface area contributed by atoms with Crippen molar-refractivity contribution in [2.45, 2.75) is 29.9 Å². The third kappa shape index (κ3) is 3.68. The van der Waals surface area contributed by atoms with Gasteiger partial charge < -0.3 is 14.9 Å². The van der Waals surface area contributed by atoms with Gasteiger partial charge in [0, 0.05) is 24.8 Å². The number of nitrogens with two attached hydrogens (primary N) is 1. The smallest absolute Gasteiger partial charge is 0.268 e.